The summed E-state index contributed by atoms with van der Waals surface area (Å²) in [5, 5.41) is 12.6. The SMILES string of the molecule is C=CCOc1ccc(CNCC2(CO)CC2)cc1. The fourth-order valence-electron chi connectivity index (χ4n) is 1.90. The Bertz CT molecular complexity index is 382. The predicted octanol–water partition coefficient (Wildman–Crippen LogP) is 2.11. The number of benzene rings is 1. The molecule has 0 spiro atoms. The topological polar surface area (TPSA) is 41.5 Å². The second-order valence-corrected chi connectivity index (χ2v) is 5.01. The molecule has 18 heavy (non-hydrogen) atoms. The van der Waals surface area contributed by atoms with Gasteiger partial charge in [0.2, 0.25) is 0 Å². The number of hydrogen-bond donors (Lipinski definition) is 2. The van der Waals surface area contributed by atoms with Crippen LogP contribution in [-0.4, -0.2) is 24.9 Å². The van der Waals surface area contributed by atoms with E-state index in [1.165, 1.54) is 5.56 Å². The number of rotatable bonds is 8. The van der Waals surface area contributed by atoms with Crippen molar-refractivity contribution in [3.8, 4) is 5.75 Å². The first-order valence-electron chi connectivity index (χ1n) is 6.42. The van der Waals surface area contributed by atoms with Crippen molar-refractivity contribution in [3.05, 3.63) is 42.5 Å². The van der Waals surface area contributed by atoms with Crippen molar-refractivity contribution in [2.24, 2.45) is 5.41 Å². The molecule has 1 fully saturated rings. The zero-order valence-electron chi connectivity index (χ0n) is 10.7. The third-order valence-corrected chi connectivity index (χ3v) is 3.41. The van der Waals surface area contributed by atoms with Crippen molar-refractivity contribution in [3.63, 3.8) is 0 Å². The molecule has 0 aliphatic heterocycles. The summed E-state index contributed by atoms with van der Waals surface area (Å²) in [5.41, 5.74) is 1.40. The van der Waals surface area contributed by atoms with Gasteiger partial charge in [0.15, 0.2) is 0 Å². The normalized spacial score (nSPS) is 16.3. The lowest BCUT2D eigenvalue weighted by atomic mass is 10.1. The Morgan fingerprint density at radius 2 is 2.06 bits per heavy atom. The molecule has 1 aliphatic rings. The number of nitrogens with one attached hydrogen (secondary N) is 1. The highest BCUT2D eigenvalue weighted by Gasteiger charge is 2.41. The van der Waals surface area contributed by atoms with E-state index < -0.39 is 0 Å². The molecule has 98 valence electrons. The van der Waals surface area contributed by atoms with E-state index in [9.17, 15) is 5.11 Å². The average molecular weight is 247 g/mol. The molecule has 1 aliphatic carbocycles. The standard InChI is InChI=1S/C15H21NO2/c1-2-9-18-14-5-3-13(4-6-14)10-16-11-15(12-17)7-8-15/h2-6,16-17H,1,7-12H2. The highest BCUT2D eigenvalue weighted by molar-refractivity contribution is 5.27. The van der Waals surface area contributed by atoms with Crippen LogP contribution in [0.2, 0.25) is 0 Å². The van der Waals surface area contributed by atoms with E-state index in [0.29, 0.717) is 13.2 Å². The summed E-state index contributed by atoms with van der Waals surface area (Å²) >= 11 is 0. The summed E-state index contributed by atoms with van der Waals surface area (Å²) < 4.78 is 5.42. The molecule has 0 aromatic heterocycles. The maximum Gasteiger partial charge on any atom is 0.119 e. The van der Waals surface area contributed by atoms with Crippen molar-refractivity contribution < 1.29 is 9.84 Å². The van der Waals surface area contributed by atoms with Gasteiger partial charge in [0.1, 0.15) is 12.4 Å². The van der Waals surface area contributed by atoms with E-state index in [2.05, 4.69) is 24.0 Å². The summed E-state index contributed by atoms with van der Waals surface area (Å²) in [6, 6.07) is 8.06. The number of ether oxygens (including phenoxy) is 1. The van der Waals surface area contributed by atoms with Crippen LogP contribution in [-0.2, 0) is 6.54 Å². The molecule has 0 amide bonds. The van der Waals surface area contributed by atoms with Crippen molar-refractivity contribution in [2.75, 3.05) is 19.8 Å². The number of aliphatic hydroxyl groups is 1. The van der Waals surface area contributed by atoms with Gasteiger partial charge in [-0.2, -0.15) is 0 Å². The fourth-order valence-corrected chi connectivity index (χ4v) is 1.90. The fraction of sp³-hybridized carbons (Fsp3) is 0.467. The Hall–Kier alpha value is -1.32. The van der Waals surface area contributed by atoms with Gasteiger partial charge in [-0.1, -0.05) is 24.8 Å². The molecule has 0 atom stereocenters. The van der Waals surface area contributed by atoms with Crippen LogP contribution < -0.4 is 10.1 Å². The Balaban J connectivity index is 1.74. The molecule has 1 aromatic carbocycles. The molecule has 0 unspecified atom stereocenters. The lowest BCUT2D eigenvalue weighted by molar-refractivity contribution is 0.207. The number of hydrogen-bond acceptors (Lipinski definition) is 3. The third-order valence-electron chi connectivity index (χ3n) is 3.41. The molecule has 0 bridgehead atoms. The second-order valence-electron chi connectivity index (χ2n) is 5.01. The van der Waals surface area contributed by atoms with Gasteiger partial charge in [0.25, 0.3) is 0 Å². The minimum atomic E-state index is 0.174. The molecular weight excluding hydrogens is 226 g/mol. The molecule has 1 aromatic rings. The van der Waals surface area contributed by atoms with E-state index in [1.807, 2.05) is 12.1 Å². The van der Waals surface area contributed by atoms with Crippen LogP contribution in [0, 0.1) is 5.41 Å². The van der Waals surface area contributed by atoms with Gasteiger partial charge in [-0.05, 0) is 30.5 Å². The maximum absolute atomic E-state index is 9.21. The van der Waals surface area contributed by atoms with Gasteiger partial charge >= 0.3 is 0 Å². The Morgan fingerprint density at radius 1 is 1.33 bits per heavy atom. The van der Waals surface area contributed by atoms with Crippen molar-refractivity contribution >= 4 is 0 Å². The maximum atomic E-state index is 9.21. The Labute approximate surface area is 108 Å². The highest BCUT2D eigenvalue weighted by Crippen LogP contribution is 2.44. The van der Waals surface area contributed by atoms with E-state index in [4.69, 9.17) is 4.74 Å². The molecule has 0 heterocycles. The van der Waals surface area contributed by atoms with Crippen LogP contribution in [0.4, 0.5) is 0 Å². The van der Waals surface area contributed by atoms with Gasteiger partial charge in [0.05, 0.1) is 0 Å². The third kappa shape index (κ3) is 3.59. The molecular formula is C15H21NO2. The molecule has 0 saturated heterocycles. The van der Waals surface area contributed by atoms with Crippen molar-refractivity contribution in [2.45, 2.75) is 19.4 Å². The van der Waals surface area contributed by atoms with Crippen LogP contribution in [0.5, 0.6) is 5.75 Å². The predicted molar refractivity (Wildman–Crippen MR) is 72.6 cm³/mol. The van der Waals surface area contributed by atoms with Gasteiger partial charge in [0, 0.05) is 25.1 Å². The van der Waals surface area contributed by atoms with Gasteiger partial charge < -0.3 is 15.2 Å². The molecule has 2 rings (SSSR count). The van der Waals surface area contributed by atoms with Crippen molar-refractivity contribution in [1.82, 2.24) is 5.32 Å². The first-order valence-corrected chi connectivity index (χ1v) is 6.42. The van der Waals surface area contributed by atoms with Crippen LogP contribution in [0.3, 0.4) is 0 Å². The lowest BCUT2D eigenvalue weighted by Gasteiger charge is -2.12. The Kier molecular flexibility index (Phi) is 4.39. The van der Waals surface area contributed by atoms with Crippen LogP contribution in [0.1, 0.15) is 18.4 Å². The Morgan fingerprint density at radius 3 is 2.61 bits per heavy atom. The highest BCUT2D eigenvalue weighted by atomic mass is 16.5. The van der Waals surface area contributed by atoms with E-state index in [1.54, 1.807) is 6.08 Å². The summed E-state index contributed by atoms with van der Waals surface area (Å²) in [4.78, 5) is 0. The van der Waals surface area contributed by atoms with Crippen LogP contribution in [0.25, 0.3) is 0 Å². The zero-order valence-corrected chi connectivity index (χ0v) is 10.7. The second kappa shape index (κ2) is 6.03. The number of aliphatic hydroxyl groups excluding tert-OH is 1. The lowest BCUT2D eigenvalue weighted by Crippen LogP contribution is -2.26. The monoisotopic (exact) mass is 247 g/mol. The van der Waals surface area contributed by atoms with Crippen molar-refractivity contribution in [1.29, 1.82) is 0 Å². The molecule has 0 radical (unpaired) electrons. The zero-order chi connectivity index (χ0) is 12.8. The molecule has 3 heteroatoms. The summed E-state index contributed by atoms with van der Waals surface area (Å²) in [5.74, 6) is 0.868. The van der Waals surface area contributed by atoms with Gasteiger partial charge in [-0.15, -0.1) is 0 Å². The summed E-state index contributed by atoms with van der Waals surface area (Å²) in [6.07, 6.45) is 4.02. The summed E-state index contributed by atoms with van der Waals surface area (Å²) in [6.45, 7) is 6.19. The first kappa shape index (κ1) is 13.1. The minimum absolute atomic E-state index is 0.174. The van der Waals surface area contributed by atoms with Gasteiger partial charge in [-0.3, -0.25) is 0 Å². The smallest absolute Gasteiger partial charge is 0.119 e. The molecule has 2 N–H and O–H groups in total. The summed E-state index contributed by atoms with van der Waals surface area (Å²) in [7, 11) is 0. The van der Waals surface area contributed by atoms with Gasteiger partial charge in [-0.25, -0.2) is 0 Å². The van der Waals surface area contributed by atoms with E-state index >= 15 is 0 Å². The minimum Gasteiger partial charge on any atom is -0.490 e. The largest absolute Gasteiger partial charge is 0.490 e. The van der Waals surface area contributed by atoms with Crippen LogP contribution >= 0.6 is 0 Å². The molecule has 3 nitrogen and oxygen atoms in total. The quantitative estimate of drug-likeness (QED) is 0.691. The first-order chi connectivity index (χ1) is 8.78. The molecule has 1 saturated carbocycles. The average Bonchev–Trinajstić information content (AvgIpc) is 3.18. The van der Waals surface area contributed by atoms with E-state index in [0.717, 1.165) is 31.7 Å². The van der Waals surface area contributed by atoms with E-state index in [-0.39, 0.29) is 5.41 Å². The van der Waals surface area contributed by atoms with Crippen LogP contribution in [0.15, 0.2) is 36.9 Å².